The number of hydrogen-bond donors (Lipinski definition) is 8. The van der Waals surface area contributed by atoms with Crippen molar-refractivity contribution in [1.82, 2.24) is 30.4 Å². The number of β-lactam (4-membered cyclic amide) rings is 1. The van der Waals surface area contributed by atoms with Crippen molar-refractivity contribution in [2.24, 2.45) is 5.16 Å². The molecule has 4 rings (SSSR count). The number of hydrogen-bond acceptors (Lipinski definition) is 15. The number of carboxylic acid groups (broad SMARTS) is 1. The van der Waals surface area contributed by atoms with Crippen LogP contribution in [0.1, 0.15) is 47.3 Å². The van der Waals surface area contributed by atoms with Crippen molar-refractivity contribution in [3.8, 4) is 11.5 Å². The highest BCUT2D eigenvalue weighted by Crippen LogP contribution is 2.30. The average molecular weight is 681 g/mol. The van der Waals surface area contributed by atoms with Gasteiger partial charge in [-0.05, 0) is 32.9 Å². The highest BCUT2D eigenvalue weighted by atomic mass is 32.2. The Labute approximate surface area is 261 Å². The molecule has 1 aromatic carbocycles. The zero-order valence-electron chi connectivity index (χ0n) is 23.7. The number of nitrogens with zero attached hydrogens (tertiary/aromatic N) is 4. The molecule has 0 aliphatic carbocycles. The van der Waals surface area contributed by atoms with Crippen LogP contribution in [0.4, 0.5) is 5.13 Å². The normalized spacial score (nSPS) is 16.8. The minimum Gasteiger partial charge on any atom is -0.504 e. The maximum atomic E-state index is 13.1. The van der Waals surface area contributed by atoms with Gasteiger partial charge in [0.2, 0.25) is 5.60 Å². The number of hydrazine groups is 1. The van der Waals surface area contributed by atoms with Crippen LogP contribution in [0.25, 0.3) is 10.9 Å². The van der Waals surface area contributed by atoms with Crippen LogP contribution in [0.3, 0.4) is 0 Å². The van der Waals surface area contributed by atoms with Gasteiger partial charge in [-0.25, -0.2) is 19.1 Å². The van der Waals surface area contributed by atoms with E-state index in [4.69, 9.17) is 10.6 Å². The van der Waals surface area contributed by atoms with Gasteiger partial charge in [0.05, 0.1) is 17.1 Å². The fraction of sp³-hybridized carbons (Fsp3) is 0.250. The van der Waals surface area contributed by atoms with E-state index >= 15 is 0 Å². The van der Waals surface area contributed by atoms with Crippen LogP contribution in [0.2, 0.25) is 0 Å². The van der Waals surface area contributed by atoms with Gasteiger partial charge in [-0.3, -0.25) is 34.6 Å². The first-order valence-corrected chi connectivity index (χ1v) is 14.9. The van der Waals surface area contributed by atoms with Crippen LogP contribution in [0, 0.1) is 0 Å². The number of phenolic OH excluding ortho intramolecular Hbond substituents is 2. The summed E-state index contributed by atoms with van der Waals surface area (Å²) in [5, 5.41) is 36.3. The highest BCUT2D eigenvalue weighted by molar-refractivity contribution is 7.84. The number of amides is 4. The van der Waals surface area contributed by atoms with Gasteiger partial charge < -0.3 is 31.2 Å². The zero-order chi connectivity index (χ0) is 34.3. The number of fused-ring (bicyclic) bond motifs is 1. The molecule has 1 aliphatic rings. The van der Waals surface area contributed by atoms with Crippen molar-refractivity contribution >= 4 is 73.0 Å². The predicted molar refractivity (Wildman–Crippen MR) is 156 cm³/mol. The fourth-order valence-electron chi connectivity index (χ4n) is 3.98. The molecule has 0 bridgehead atoms. The predicted octanol–water partition coefficient (Wildman–Crippen LogP) is -1.14. The number of rotatable bonds is 9. The van der Waals surface area contributed by atoms with E-state index in [1.165, 1.54) is 26.2 Å². The number of nitrogens with two attached hydrogens (primary N) is 1. The summed E-state index contributed by atoms with van der Waals surface area (Å²) in [5.41, 5.74) is 5.71. The van der Waals surface area contributed by atoms with E-state index in [0.29, 0.717) is 0 Å². The number of phenols is 2. The Bertz CT molecular complexity index is 1940. The van der Waals surface area contributed by atoms with Crippen molar-refractivity contribution in [3.05, 3.63) is 40.5 Å². The quantitative estimate of drug-likeness (QED) is 0.0435. The first-order valence-electron chi connectivity index (χ1n) is 12.6. The fourth-order valence-corrected chi connectivity index (χ4v) is 5.41. The molecule has 4 amide bonds. The summed E-state index contributed by atoms with van der Waals surface area (Å²) < 4.78 is 32.1. The first kappa shape index (κ1) is 33.3. The van der Waals surface area contributed by atoms with Crippen molar-refractivity contribution in [1.29, 1.82) is 0 Å². The lowest BCUT2D eigenvalue weighted by Gasteiger charge is -2.42. The van der Waals surface area contributed by atoms with E-state index in [0.717, 1.165) is 29.5 Å². The second-order valence-corrected chi connectivity index (χ2v) is 12.2. The number of carboxylic acids is 1. The lowest BCUT2D eigenvalue weighted by atomic mass is 10.0. The molecule has 2 aromatic heterocycles. The number of carbonyl (C=O) groups is 5. The molecule has 22 heteroatoms. The molecule has 1 fully saturated rings. The molecule has 9 N–H and O–H groups in total. The Morgan fingerprint density at radius 3 is 2.33 bits per heavy atom. The minimum atomic E-state index is -4.87. The molecule has 3 aromatic rings. The van der Waals surface area contributed by atoms with Crippen molar-refractivity contribution in [3.63, 3.8) is 0 Å². The third-order valence-electron chi connectivity index (χ3n) is 6.41. The van der Waals surface area contributed by atoms with Gasteiger partial charge in [0, 0.05) is 16.8 Å². The second-order valence-electron chi connectivity index (χ2n) is 10.0. The maximum absolute atomic E-state index is 13.1. The summed E-state index contributed by atoms with van der Waals surface area (Å²) in [7, 11) is -4.87. The Morgan fingerprint density at radius 1 is 1.11 bits per heavy atom. The molecule has 46 heavy (non-hydrogen) atoms. The van der Waals surface area contributed by atoms with E-state index in [2.05, 4.69) is 20.4 Å². The summed E-state index contributed by atoms with van der Waals surface area (Å²) in [4.78, 5) is 75.8. The van der Waals surface area contributed by atoms with Gasteiger partial charge in [-0.15, -0.1) is 11.3 Å². The summed E-state index contributed by atoms with van der Waals surface area (Å²) in [5.74, 6) is -7.14. The summed E-state index contributed by atoms with van der Waals surface area (Å²) in [6, 6.07) is 0.568. The van der Waals surface area contributed by atoms with Crippen LogP contribution in [0.5, 0.6) is 11.5 Å². The Morgan fingerprint density at radius 2 is 1.76 bits per heavy atom. The topological polar surface area (TPSA) is 313 Å². The molecule has 20 nitrogen and oxygen atoms in total. The molecule has 0 spiro atoms. The molecule has 1 saturated heterocycles. The number of aromatic nitrogens is 2. The third kappa shape index (κ3) is 6.57. The van der Waals surface area contributed by atoms with E-state index in [1.54, 1.807) is 0 Å². The second kappa shape index (κ2) is 12.1. The number of pyridine rings is 1. The molecule has 244 valence electrons. The Hall–Kier alpha value is -5.61. The number of anilines is 1. The first-order chi connectivity index (χ1) is 21.3. The van der Waals surface area contributed by atoms with Crippen LogP contribution >= 0.6 is 11.3 Å². The molecule has 0 saturated carbocycles. The molecule has 2 atom stereocenters. The van der Waals surface area contributed by atoms with Gasteiger partial charge in [-0.2, -0.15) is 8.42 Å². The molecular formula is C24H24N8O12S2. The van der Waals surface area contributed by atoms with Crippen molar-refractivity contribution in [2.45, 2.75) is 38.5 Å². The van der Waals surface area contributed by atoms with Gasteiger partial charge in [0.15, 0.2) is 28.0 Å². The van der Waals surface area contributed by atoms with Crippen LogP contribution in [-0.2, 0) is 29.5 Å². The minimum absolute atomic E-state index is 0.0109. The number of nitrogen functional groups attached to an aromatic ring is 1. The number of thiazole rings is 1. The number of aromatic carboxylic acids is 1. The monoisotopic (exact) mass is 680 g/mol. The Balaban J connectivity index is 1.50. The number of carbonyl (C=O) groups excluding carboxylic acids is 4. The van der Waals surface area contributed by atoms with Gasteiger partial charge in [0.25, 0.3) is 23.6 Å². The standard InChI is InChI=1S/C24H24N8O12S2/c1-8-15(20(37)32(8)46(41,42)43)28-19(36)17(12-7-45-23(25)27-12)31-44-24(2,3)22(40)30-29-18(35)10-4-9-5-13(33)14(34)6-11(9)26-16(10)21(38)39/h4-8,15,33-34H,1-3H3,(H2,25,27)(H,28,36)(H,29,35)(H,30,40)(H,38,39)(H,41,42,43)/t8-,15-/m0/s1. The van der Waals surface area contributed by atoms with Gasteiger partial charge >= 0.3 is 16.3 Å². The molecule has 0 unspecified atom stereocenters. The third-order valence-corrected chi connectivity index (χ3v) is 8.09. The van der Waals surface area contributed by atoms with Gasteiger partial charge in [-0.1, -0.05) is 5.16 Å². The highest BCUT2D eigenvalue weighted by Gasteiger charge is 2.51. The van der Waals surface area contributed by atoms with E-state index in [9.17, 15) is 52.3 Å². The SMILES string of the molecule is C[C@H]1[C@H](NC(=O)C(=NOC(C)(C)C(=O)NNC(=O)c2cc3cc(O)c(O)cc3nc2C(=O)O)c2csc(N)n2)C(=O)N1S(=O)(=O)O. The smallest absolute Gasteiger partial charge is 0.362 e. The lowest BCUT2D eigenvalue weighted by Crippen LogP contribution is -2.71. The summed E-state index contributed by atoms with van der Waals surface area (Å²) in [6.07, 6.45) is 0. The van der Waals surface area contributed by atoms with E-state index in [-0.39, 0.29) is 26.0 Å². The summed E-state index contributed by atoms with van der Waals surface area (Å²) >= 11 is 0.910. The summed E-state index contributed by atoms with van der Waals surface area (Å²) in [6.45, 7) is 3.61. The average Bonchev–Trinajstić information content (AvgIpc) is 3.39. The zero-order valence-corrected chi connectivity index (χ0v) is 25.3. The van der Waals surface area contributed by atoms with Crippen LogP contribution < -0.4 is 21.9 Å². The van der Waals surface area contributed by atoms with Crippen LogP contribution in [0.15, 0.2) is 28.7 Å². The number of benzene rings is 1. The molecular weight excluding hydrogens is 656 g/mol. The lowest BCUT2D eigenvalue weighted by molar-refractivity contribution is -0.144. The molecule has 1 aliphatic heterocycles. The number of oxime groups is 1. The van der Waals surface area contributed by atoms with Crippen LogP contribution in [-0.4, -0.2) is 95.6 Å². The van der Waals surface area contributed by atoms with Gasteiger partial charge in [0.1, 0.15) is 11.7 Å². The number of nitrogens with one attached hydrogen (secondary N) is 3. The van der Waals surface area contributed by atoms with E-state index < -0.39 is 86.1 Å². The molecule has 3 heterocycles. The van der Waals surface area contributed by atoms with Crippen molar-refractivity contribution in [2.75, 3.05) is 5.73 Å². The molecule has 0 radical (unpaired) electrons. The maximum Gasteiger partial charge on any atom is 0.362 e. The number of aromatic hydroxyl groups is 2. The van der Waals surface area contributed by atoms with E-state index in [1.807, 2.05) is 10.9 Å². The van der Waals surface area contributed by atoms with Crippen molar-refractivity contribution < 1.29 is 57.1 Å². The largest absolute Gasteiger partial charge is 0.504 e. The Kier molecular flexibility index (Phi) is 8.72.